The highest BCUT2D eigenvalue weighted by molar-refractivity contribution is 5.62. The molecule has 0 fully saturated rings. The highest BCUT2D eigenvalue weighted by Gasteiger charge is 1.91. The van der Waals surface area contributed by atoms with Gasteiger partial charge in [0.2, 0.25) is 0 Å². The van der Waals surface area contributed by atoms with E-state index in [1.54, 1.807) is 14.2 Å². The fraction of sp³-hybridized carbons (Fsp3) is 0.111. The first-order valence-corrected chi connectivity index (χ1v) is 6.18. The van der Waals surface area contributed by atoms with Gasteiger partial charge in [-0.2, -0.15) is 0 Å². The van der Waals surface area contributed by atoms with E-state index in [0.717, 1.165) is 0 Å². The number of ether oxygens (including phenoxy) is 2. The van der Waals surface area contributed by atoms with Crippen molar-refractivity contribution >= 4 is 0 Å². The molecule has 106 valence electrons. The summed E-state index contributed by atoms with van der Waals surface area (Å²) in [5.41, 5.74) is 2.55. The van der Waals surface area contributed by atoms with Crippen LogP contribution in [0.2, 0.25) is 0 Å². The maximum atomic E-state index is 4.31. The van der Waals surface area contributed by atoms with Crippen molar-refractivity contribution in [2.75, 3.05) is 14.2 Å². The second kappa shape index (κ2) is 13.0. The Morgan fingerprint density at radius 2 is 0.900 bits per heavy atom. The molecule has 0 heterocycles. The molecule has 0 saturated carbocycles. The van der Waals surface area contributed by atoms with Crippen molar-refractivity contribution in [1.29, 1.82) is 0 Å². The van der Waals surface area contributed by atoms with Crippen molar-refractivity contribution in [1.82, 2.24) is 0 Å². The molecule has 2 heteroatoms. The molecular formula is C18H22O2. The Morgan fingerprint density at radius 1 is 0.650 bits per heavy atom. The summed E-state index contributed by atoms with van der Waals surface area (Å²) in [6.45, 7) is 6.51. The van der Waals surface area contributed by atoms with Gasteiger partial charge in [-0.15, -0.1) is 0 Å². The molecule has 2 aromatic rings. The number of rotatable bonds is 3. The number of methoxy groups -OCH3 is 2. The van der Waals surface area contributed by atoms with Crippen LogP contribution in [0.5, 0.6) is 0 Å². The molecule has 20 heavy (non-hydrogen) atoms. The first-order chi connectivity index (χ1) is 9.79. The third kappa shape index (κ3) is 8.59. The SMILES string of the molecule is C=COC.C=COC.c1ccc(-c2ccccc2)cc1. The van der Waals surface area contributed by atoms with Crippen molar-refractivity contribution in [3.05, 3.63) is 86.3 Å². The van der Waals surface area contributed by atoms with E-state index in [9.17, 15) is 0 Å². The van der Waals surface area contributed by atoms with Gasteiger partial charge in [-0.3, -0.25) is 0 Å². The van der Waals surface area contributed by atoms with E-state index in [4.69, 9.17) is 0 Å². The smallest absolute Gasteiger partial charge is 0.0766 e. The van der Waals surface area contributed by atoms with E-state index in [1.165, 1.54) is 23.7 Å². The molecular weight excluding hydrogens is 248 g/mol. The van der Waals surface area contributed by atoms with Crippen LogP contribution in [0.25, 0.3) is 11.1 Å². The summed E-state index contributed by atoms with van der Waals surface area (Å²) in [5, 5.41) is 0. The first kappa shape index (κ1) is 17.5. The Labute approximate surface area is 122 Å². The number of hydrogen-bond acceptors (Lipinski definition) is 2. The molecule has 2 nitrogen and oxygen atoms in total. The van der Waals surface area contributed by atoms with Crippen LogP contribution in [0.15, 0.2) is 86.3 Å². The zero-order valence-electron chi connectivity index (χ0n) is 12.2. The maximum absolute atomic E-state index is 4.31. The molecule has 0 unspecified atom stereocenters. The van der Waals surface area contributed by atoms with Crippen LogP contribution in [0.4, 0.5) is 0 Å². The Balaban J connectivity index is 0.000000380. The molecule has 0 atom stereocenters. The molecule has 0 aliphatic carbocycles. The van der Waals surface area contributed by atoms with Crippen LogP contribution in [0, 0.1) is 0 Å². The van der Waals surface area contributed by atoms with Gasteiger partial charge in [0.1, 0.15) is 0 Å². The lowest BCUT2D eigenvalue weighted by atomic mass is 10.1. The zero-order chi connectivity index (χ0) is 15.1. The second-order valence-electron chi connectivity index (χ2n) is 3.54. The molecule has 2 aromatic carbocycles. The summed E-state index contributed by atoms with van der Waals surface area (Å²) in [5.74, 6) is 0. The molecule has 0 aliphatic heterocycles. The second-order valence-corrected chi connectivity index (χ2v) is 3.54. The highest BCUT2D eigenvalue weighted by Crippen LogP contribution is 2.17. The molecule has 2 rings (SSSR count). The quantitative estimate of drug-likeness (QED) is 0.738. The minimum Gasteiger partial charge on any atom is -0.505 e. The third-order valence-electron chi connectivity index (χ3n) is 2.21. The summed E-state index contributed by atoms with van der Waals surface area (Å²) >= 11 is 0. The Bertz CT molecular complexity index is 404. The number of hydrogen-bond donors (Lipinski definition) is 0. The van der Waals surface area contributed by atoms with Crippen LogP contribution >= 0.6 is 0 Å². The number of benzene rings is 2. The maximum Gasteiger partial charge on any atom is 0.0766 e. The largest absolute Gasteiger partial charge is 0.505 e. The summed E-state index contributed by atoms with van der Waals surface area (Å²) in [6, 6.07) is 20.8. The van der Waals surface area contributed by atoms with Gasteiger partial charge < -0.3 is 9.47 Å². The minimum absolute atomic E-state index is 1.28. The van der Waals surface area contributed by atoms with Gasteiger partial charge in [0.05, 0.1) is 26.7 Å². The van der Waals surface area contributed by atoms with Gasteiger partial charge >= 0.3 is 0 Å². The molecule has 0 bridgehead atoms. The lowest BCUT2D eigenvalue weighted by Gasteiger charge is -1.98. The van der Waals surface area contributed by atoms with Crippen molar-refractivity contribution in [2.24, 2.45) is 0 Å². The molecule has 0 aromatic heterocycles. The van der Waals surface area contributed by atoms with E-state index >= 15 is 0 Å². The standard InChI is InChI=1S/C12H10.2C3H6O/c1-3-7-11(8-4-1)12-9-5-2-6-10-12;2*1-3-4-2/h1-10H;2*3H,1H2,2H3. The van der Waals surface area contributed by atoms with E-state index < -0.39 is 0 Å². The van der Waals surface area contributed by atoms with Gasteiger partial charge in [0, 0.05) is 0 Å². The van der Waals surface area contributed by atoms with E-state index in [1.807, 2.05) is 12.1 Å². The molecule has 0 aliphatic rings. The molecule has 0 radical (unpaired) electrons. The van der Waals surface area contributed by atoms with Gasteiger partial charge in [0.15, 0.2) is 0 Å². The first-order valence-electron chi connectivity index (χ1n) is 6.18. The van der Waals surface area contributed by atoms with Crippen LogP contribution in [0.1, 0.15) is 0 Å². The summed E-state index contributed by atoms with van der Waals surface area (Å²) in [6.07, 6.45) is 2.75. The predicted molar refractivity (Wildman–Crippen MR) is 86.3 cm³/mol. The van der Waals surface area contributed by atoms with E-state index in [2.05, 4.69) is 71.2 Å². The zero-order valence-corrected chi connectivity index (χ0v) is 12.2. The fourth-order valence-corrected chi connectivity index (χ4v) is 1.26. The van der Waals surface area contributed by atoms with E-state index in [0.29, 0.717) is 0 Å². The lowest BCUT2D eigenvalue weighted by Crippen LogP contribution is -1.73. The Morgan fingerprint density at radius 3 is 1.10 bits per heavy atom. The topological polar surface area (TPSA) is 18.5 Å². The molecule has 0 N–H and O–H groups in total. The van der Waals surface area contributed by atoms with Gasteiger partial charge in [-0.05, 0) is 11.1 Å². The van der Waals surface area contributed by atoms with Gasteiger partial charge in [-0.1, -0.05) is 73.8 Å². The highest BCUT2D eigenvalue weighted by atomic mass is 16.5. The predicted octanol–water partition coefficient (Wildman–Crippen LogP) is 4.91. The van der Waals surface area contributed by atoms with Crippen LogP contribution < -0.4 is 0 Å². The Kier molecular flexibility index (Phi) is 11.4. The Hall–Kier alpha value is -2.48. The average molecular weight is 270 g/mol. The van der Waals surface area contributed by atoms with Crippen molar-refractivity contribution in [2.45, 2.75) is 0 Å². The lowest BCUT2D eigenvalue weighted by molar-refractivity contribution is 0.339. The monoisotopic (exact) mass is 270 g/mol. The van der Waals surface area contributed by atoms with Crippen LogP contribution in [-0.2, 0) is 9.47 Å². The molecule has 0 saturated heterocycles. The minimum atomic E-state index is 1.28. The van der Waals surface area contributed by atoms with Crippen molar-refractivity contribution < 1.29 is 9.47 Å². The molecule has 0 amide bonds. The summed E-state index contributed by atoms with van der Waals surface area (Å²) in [7, 11) is 3.12. The summed E-state index contributed by atoms with van der Waals surface area (Å²) < 4.78 is 8.61. The van der Waals surface area contributed by atoms with Crippen LogP contribution in [-0.4, -0.2) is 14.2 Å². The molecule has 0 spiro atoms. The fourth-order valence-electron chi connectivity index (χ4n) is 1.26. The average Bonchev–Trinajstić information content (AvgIpc) is 2.57. The van der Waals surface area contributed by atoms with Crippen molar-refractivity contribution in [3.63, 3.8) is 0 Å². The summed E-state index contributed by atoms with van der Waals surface area (Å²) in [4.78, 5) is 0. The van der Waals surface area contributed by atoms with Crippen LogP contribution in [0.3, 0.4) is 0 Å². The van der Waals surface area contributed by atoms with Crippen molar-refractivity contribution in [3.8, 4) is 11.1 Å². The van der Waals surface area contributed by atoms with Gasteiger partial charge in [-0.25, -0.2) is 0 Å². The van der Waals surface area contributed by atoms with Gasteiger partial charge in [0.25, 0.3) is 0 Å². The van der Waals surface area contributed by atoms with E-state index in [-0.39, 0.29) is 0 Å². The third-order valence-corrected chi connectivity index (χ3v) is 2.21. The normalized spacial score (nSPS) is 7.90.